The van der Waals surface area contributed by atoms with Crippen LogP contribution in [0.4, 0.5) is 0 Å². The quantitative estimate of drug-likeness (QED) is 0.847. The summed E-state index contributed by atoms with van der Waals surface area (Å²) in [7, 11) is 0. The first-order valence-electron chi connectivity index (χ1n) is 5.43. The Morgan fingerprint density at radius 3 is 2.89 bits per heavy atom. The molecule has 90 valence electrons. The molecule has 0 amide bonds. The zero-order valence-corrected chi connectivity index (χ0v) is 10.6. The van der Waals surface area contributed by atoms with Crippen LogP contribution in [0.3, 0.4) is 0 Å². The third kappa shape index (κ3) is 3.22. The molecule has 2 rings (SSSR count). The minimum atomic E-state index is 0.357. The summed E-state index contributed by atoms with van der Waals surface area (Å²) < 4.78 is 5.55. The van der Waals surface area contributed by atoms with E-state index in [1.54, 1.807) is 12.1 Å². The molecule has 0 saturated carbocycles. The zero-order chi connectivity index (χ0) is 13.0. The zero-order valence-electron chi connectivity index (χ0n) is 9.85. The molecule has 0 fully saturated rings. The molecule has 0 spiro atoms. The van der Waals surface area contributed by atoms with E-state index in [-0.39, 0.29) is 0 Å². The molecule has 1 aromatic heterocycles. The average Bonchev–Trinajstić information content (AvgIpc) is 2.36. The molecule has 0 N–H and O–H groups in total. The van der Waals surface area contributed by atoms with E-state index >= 15 is 0 Å². The third-order valence-corrected chi connectivity index (χ3v) is 2.57. The number of hydrogen-bond acceptors (Lipinski definition) is 3. The van der Waals surface area contributed by atoms with Gasteiger partial charge in [-0.1, -0.05) is 23.7 Å². The number of pyridine rings is 1. The fraction of sp³-hybridized carbons (Fsp3) is 0.143. The lowest BCUT2D eigenvalue weighted by atomic mass is 10.2. The van der Waals surface area contributed by atoms with E-state index in [1.165, 1.54) is 0 Å². The van der Waals surface area contributed by atoms with Crippen LogP contribution in [0.5, 0.6) is 5.88 Å². The molecule has 0 saturated heterocycles. The number of nitriles is 1. The summed E-state index contributed by atoms with van der Waals surface area (Å²) in [5.41, 5.74) is 2.27. The SMILES string of the molecule is Cc1cc(C#N)nc(OCc2cccc(Cl)c2)c1. The highest BCUT2D eigenvalue weighted by Gasteiger charge is 2.02. The van der Waals surface area contributed by atoms with E-state index < -0.39 is 0 Å². The van der Waals surface area contributed by atoms with E-state index in [1.807, 2.05) is 37.3 Å². The highest BCUT2D eigenvalue weighted by atomic mass is 35.5. The van der Waals surface area contributed by atoms with Crippen LogP contribution in [-0.2, 0) is 6.61 Å². The van der Waals surface area contributed by atoms with Crippen molar-refractivity contribution in [2.24, 2.45) is 0 Å². The van der Waals surface area contributed by atoms with Crippen LogP contribution in [0.25, 0.3) is 0 Å². The second-order valence-corrected chi connectivity index (χ2v) is 4.33. The Labute approximate surface area is 111 Å². The number of rotatable bonds is 3. The fourth-order valence-corrected chi connectivity index (χ4v) is 1.76. The molecule has 0 radical (unpaired) electrons. The second kappa shape index (κ2) is 5.52. The normalized spacial score (nSPS) is 9.83. The molecule has 3 nitrogen and oxygen atoms in total. The van der Waals surface area contributed by atoms with Gasteiger partial charge in [-0.25, -0.2) is 4.98 Å². The van der Waals surface area contributed by atoms with Crippen molar-refractivity contribution in [2.45, 2.75) is 13.5 Å². The van der Waals surface area contributed by atoms with Gasteiger partial charge in [-0.05, 0) is 36.2 Å². The smallest absolute Gasteiger partial charge is 0.215 e. The summed E-state index contributed by atoms with van der Waals surface area (Å²) in [6.07, 6.45) is 0. The minimum Gasteiger partial charge on any atom is -0.473 e. The number of ether oxygens (including phenoxy) is 1. The van der Waals surface area contributed by atoms with E-state index in [0.29, 0.717) is 23.2 Å². The molecule has 1 aromatic carbocycles. The van der Waals surface area contributed by atoms with Crippen molar-refractivity contribution in [1.82, 2.24) is 4.98 Å². The molecule has 0 aliphatic rings. The maximum atomic E-state index is 8.82. The van der Waals surface area contributed by atoms with Crippen LogP contribution in [0.2, 0.25) is 5.02 Å². The Kier molecular flexibility index (Phi) is 3.81. The van der Waals surface area contributed by atoms with E-state index in [0.717, 1.165) is 11.1 Å². The van der Waals surface area contributed by atoms with Crippen LogP contribution in [0.1, 0.15) is 16.8 Å². The summed E-state index contributed by atoms with van der Waals surface area (Å²) in [6, 6.07) is 12.9. The van der Waals surface area contributed by atoms with Crippen molar-refractivity contribution in [3.8, 4) is 11.9 Å². The molecule has 0 bridgehead atoms. The molecule has 0 aliphatic heterocycles. The van der Waals surface area contributed by atoms with Gasteiger partial charge in [0.1, 0.15) is 18.4 Å². The summed E-state index contributed by atoms with van der Waals surface area (Å²) in [5, 5.41) is 9.49. The van der Waals surface area contributed by atoms with Gasteiger partial charge in [0.2, 0.25) is 5.88 Å². The number of nitrogens with zero attached hydrogens (tertiary/aromatic N) is 2. The number of aromatic nitrogens is 1. The minimum absolute atomic E-state index is 0.357. The van der Waals surface area contributed by atoms with Gasteiger partial charge in [-0.15, -0.1) is 0 Å². The summed E-state index contributed by atoms with van der Waals surface area (Å²) in [6.45, 7) is 2.27. The van der Waals surface area contributed by atoms with Gasteiger partial charge in [0.15, 0.2) is 0 Å². The molecule has 0 atom stereocenters. The summed E-state index contributed by atoms with van der Waals surface area (Å²) in [5.74, 6) is 0.450. The lowest BCUT2D eigenvalue weighted by molar-refractivity contribution is 0.293. The van der Waals surface area contributed by atoms with Crippen LogP contribution in [-0.4, -0.2) is 4.98 Å². The number of aryl methyl sites for hydroxylation is 1. The molecule has 0 aliphatic carbocycles. The first kappa shape index (κ1) is 12.4. The monoisotopic (exact) mass is 258 g/mol. The van der Waals surface area contributed by atoms with Gasteiger partial charge in [0, 0.05) is 11.1 Å². The Morgan fingerprint density at radius 2 is 2.17 bits per heavy atom. The Bertz CT molecular complexity index is 605. The Hall–Kier alpha value is -2.05. The predicted octanol–water partition coefficient (Wildman–Crippen LogP) is 3.49. The molecule has 18 heavy (non-hydrogen) atoms. The molecule has 4 heteroatoms. The molecular formula is C14H11ClN2O. The predicted molar refractivity (Wildman–Crippen MR) is 69.5 cm³/mol. The molecule has 2 aromatic rings. The Balaban J connectivity index is 2.11. The summed E-state index contributed by atoms with van der Waals surface area (Å²) in [4.78, 5) is 4.07. The van der Waals surface area contributed by atoms with E-state index in [4.69, 9.17) is 21.6 Å². The standard InChI is InChI=1S/C14H11ClN2O/c1-10-5-13(8-16)17-14(6-10)18-9-11-3-2-4-12(15)7-11/h2-7H,9H2,1H3. The van der Waals surface area contributed by atoms with Crippen LogP contribution >= 0.6 is 11.6 Å². The first-order chi connectivity index (χ1) is 8.67. The van der Waals surface area contributed by atoms with Crippen molar-refractivity contribution in [3.63, 3.8) is 0 Å². The van der Waals surface area contributed by atoms with Gasteiger partial charge >= 0.3 is 0 Å². The molecular weight excluding hydrogens is 248 g/mol. The van der Waals surface area contributed by atoms with E-state index in [2.05, 4.69) is 4.98 Å². The number of benzene rings is 1. The van der Waals surface area contributed by atoms with E-state index in [9.17, 15) is 0 Å². The number of hydrogen-bond donors (Lipinski definition) is 0. The maximum Gasteiger partial charge on any atom is 0.215 e. The Morgan fingerprint density at radius 1 is 1.33 bits per heavy atom. The maximum absolute atomic E-state index is 8.82. The lowest BCUT2D eigenvalue weighted by Crippen LogP contribution is -1.98. The van der Waals surface area contributed by atoms with Gasteiger partial charge in [-0.2, -0.15) is 5.26 Å². The summed E-state index contributed by atoms with van der Waals surface area (Å²) >= 11 is 5.89. The highest BCUT2D eigenvalue weighted by Crippen LogP contribution is 2.15. The topological polar surface area (TPSA) is 45.9 Å². The van der Waals surface area contributed by atoms with Gasteiger partial charge < -0.3 is 4.74 Å². The van der Waals surface area contributed by atoms with Gasteiger partial charge in [0.05, 0.1) is 0 Å². The van der Waals surface area contributed by atoms with Crippen molar-refractivity contribution >= 4 is 11.6 Å². The van der Waals surface area contributed by atoms with Gasteiger partial charge in [0.25, 0.3) is 0 Å². The number of halogens is 1. The molecule has 0 unspecified atom stereocenters. The van der Waals surface area contributed by atoms with Crippen molar-refractivity contribution in [2.75, 3.05) is 0 Å². The fourth-order valence-electron chi connectivity index (χ4n) is 1.55. The second-order valence-electron chi connectivity index (χ2n) is 3.90. The highest BCUT2D eigenvalue weighted by molar-refractivity contribution is 6.30. The van der Waals surface area contributed by atoms with Crippen LogP contribution in [0, 0.1) is 18.3 Å². The van der Waals surface area contributed by atoms with Gasteiger partial charge in [-0.3, -0.25) is 0 Å². The third-order valence-electron chi connectivity index (χ3n) is 2.34. The van der Waals surface area contributed by atoms with Crippen molar-refractivity contribution < 1.29 is 4.74 Å². The largest absolute Gasteiger partial charge is 0.473 e. The average molecular weight is 259 g/mol. The van der Waals surface area contributed by atoms with Crippen molar-refractivity contribution in [1.29, 1.82) is 5.26 Å². The van der Waals surface area contributed by atoms with Crippen LogP contribution < -0.4 is 4.74 Å². The lowest BCUT2D eigenvalue weighted by Gasteiger charge is -2.06. The van der Waals surface area contributed by atoms with Crippen molar-refractivity contribution in [3.05, 3.63) is 58.2 Å². The first-order valence-corrected chi connectivity index (χ1v) is 5.81. The molecule has 1 heterocycles. The van der Waals surface area contributed by atoms with Crippen LogP contribution in [0.15, 0.2) is 36.4 Å².